The molecule has 3 aliphatic rings. The van der Waals surface area contributed by atoms with Gasteiger partial charge in [-0.2, -0.15) is 0 Å². The van der Waals surface area contributed by atoms with Crippen LogP contribution in [0.4, 0.5) is 11.6 Å². The van der Waals surface area contributed by atoms with E-state index in [-0.39, 0.29) is 0 Å². The number of hydrogen-bond acceptors (Lipinski definition) is 4. The van der Waals surface area contributed by atoms with Crippen LogP contribution in [0.5, 0.6) is 0 Å². The van der Waals surface area contributed by atoms with Gasteiger partial charge in [0.05, 0.1) is 0 Å². The van der Waals surface area contributed by atoms with Crippen LogP contribution in [0.15, 0.2) is 6.07 Å². The van der Waals surface area contributed by atoms with Crippen LogP contribution < -0.4 is 10.6 Å². The molecule has 2 saturated carbocycles. The average molecular weight is 272 g/mol. The van der Waals surface area contributed by atoms with Gasteiger partial charge >= 0.3 is 0 Å². The molecule has 4 heteroatoms. The van der Waals surface area contributed by atoms with Gasteiger partial charge < -0.3 is 10.6 Å². The topological polar surface area (TPSA) is 55.0 Å². The summed E-state index contributed by atoms with van der Waals surface area (Å²) in [5.41, 5.74) is 6.63. The molecule has 0 unspecified atom stereocenters. The largest absolute Gasteiger partial charge is 0.384 e. The second-order valence-corrected chi connectivity index (χ2v) is 6.98. The molecule has 0 aromatic carbocycles. The maximum absolute atomic E-state index is 5.97. The highest BCUT2D eigenvalue weighted by atomic mass is 15.2. The first-order chi connectivity index (χ1) is 9.74. The Labute approximate surface area is 120 Å². The first-order valence-corrected chi connectivity index (χ1v) is 8.14. The zero-order valence-electron chi connectivity index (χ0n) is 12.1. The molecule has 2 heterocycles. The van der Waals surface area contributed by atoms with Crippen LogP contribution in [-0.2, 0) is 0 Å². The molecule has 0 bridgehead atoms. The molecular formula is C16H24N4. The second kappa shape index (κ2) is 4.61. The third-order valence-electron chi connectivity index (χ3n) is 5.50. The third-order valence-corrected chi connectivity index (χ3v) is 5.50. The number of nitrogens with zero attached hydrogens (tertiary/aromatic N) is 3. The summed E-state index contributed by atoms with van der Waals surface area (Å²) < 4.78 is 0. The molecule has 4 rings (SSSR count). The minimum atomic E-state index is 0.572. The normalized spacial score (nSPS) is 25.3. The lowest BCUT2D eigenvalue weighted by atomic mass is 9.77. The molecule has 0 radical (unpaired) electrons. The first-order valence-electron chi connectivity index (χ1n) is 8.14. The maximum atomic E-state index is 5.97. The summed E-state index contributed by atoms with van der Waals surface area (Å²) in [5, 5.41) is 0. The molecular weight excluding hydrogens is 248 g/mol. The van der Waals surface area contributed by atoms with Gasteiger partial charge in [0.25, 0.3) is 0 Å². The van der Waals surface area contributed by atoms with Crippen LogP contribution in [-0.4, -0.2) is 23.1 Å². The van der Waals surface area contributed by atoms with Gasteiger partial charge in [0.1, 0.15) is 17.5 Å². The zero-order valence-corrected chi connectivity index (χ0v) is 12.1. The summed E-state index contributed by atoms with van der Waals surface area (Å²) in [5.74, 6) is 3.25. The highest BCUT2D eigenvalue weighted by Gasteiger charge is 2.37. The number of nitrogens with two attached hydrogens (primary N) is 1. The summed E-state index contributed by atoms with van der Waals surface area (Å²) in [4.78, 5) is 11.6. The Morgan fingerprint density at radius 3 is 2.40 bits per heavy atom. The fourth-order valence-corrected chi connectivity index (χ4v) is 3.99. The highest BCUT2D eigenvalue weighted by Crippen LogP contribution is 2.46. The van der Waals surface area contributed by atoms with E-state index in [1.807, 2.05) is 6.07 Å². The van der Waals surface area contributed by atoms with Crippen molar-refractivity contribution >= 4 is 11.6 Å². The van der Waals surface area contributed by atoms with Crippen molar-refractivity contribution in [2.24, 2.45) is 5.41 Å². The van der Waals surface area contributed by atoms with E-state index in [0.717, 1.165) is 24.7 Å². The molecule has 2 aliphatic carbocycles. The molecule has 0 amide bonds. The minimum Gasteiger partial charge on any atom is -0.384 e. The molecule has 1 spiro atoms. The lowest BCUT2D eigenvalue weighted by Gasteiger charge is -2.40. The molecule has 1 aromatic heterocycles. The summed E-state index contributed by atoms with van der Waals surface area (Å²) >= 11 is 0. The van der Waals surface area contributed by atoms with E-state index in [1.54, 1.807) is 0 Å². The van der Waals surface area contributed by atoms with Crippen LogP contribution in [0, 0.1) is 5.41 Å². The molecule has 3 fully saturated rings. The van der Waals surface area contributed by atoms with E-state index >= 15 is 0 Å². The fourth-order valence-electron chi connectivity index (χ4n) is 3.99. The van der Waals surface area contributed by atoms with Crippen LogP contribution >= 0.6 is 0 Å². The predicted molar refractivity (Wildman–Crippen MR) is 80.8 cm³/mol. The molecule has 20 heavy (non-hydrogen) atoms. The number of anilines is 2. The van der Waals surface area contributed by atoms with Crippen LogP contribution in [0.2, 0.25) is 0 Å². The van der Waals surface area contributed by atoms with Crippen molar-refractivity contribution in [3.8, 4) is 0 Å². The fraction of sp³-hybridized carbons (Fsp3) is 0.750. The van der Waals surface area contributed by atoms with Gasteiger partial charge in [0, 0.05) is 25.1 Å². The van der Waals surface area contributed by atoms with Crippen LogP contribution in [0.3, 0.4) is 0 Å². The van der Waals surface area contributed by atoms with Crippen molar-refractivity contribution in [1.29, 1.82) is 0 Å². The molecule has 108 valence electrons. The Hall–Kier alpha value is -1.32. The predicted octanol–water partition coefficient (Wildman–Crippen LogP) is 3.10. The summed E-state index contributed by atoms with van der Waals surface area (Å²) in [7, 11) is 0. The number of hydrogen-bond donors (Lipinski definition) is 1. The summed E-state index contributed by atoms with van der Waals surface area (Å²) in [6.45, 7) is 2.28. The van der Waals surface area contributed by atoms with Gasteiger partial charge in [0.15, 0.2) is 0 Å². The Kier molecular flexibility index (Phi) is 2.86. The number of nitrogen functional groups attached to an aromatic ring is 1. The number of rotatable bonds is 2. The summed E-state index contributed by atoms with van der Waals surface area (Å²) in [6, 6.07) is 1.96. The average Bonchev–Trinajstić information content (AvgIpc) is 3.22. The van der Waals surface area contributed by atoms with E-state index in [9.17, 15) is 0 Å². The van der Waals surface area contributed by atoms with Crippen LogP contribution in [0.1, 0.15) is 63.1 Å². The minimum absolute atomic E-state index is 0.572. The van der Waals surface area contributed by atoms with E-state index < -0.39 is 0 Å². The summed E-state index contributed by atoms with van der Waals surface area (Å²) in [6.07, 6.45) is 10.9. The molecule has 0 atom stereocenters. The SMILES string of the molecule is Nc1cc(N2CCC3(CCCC3)CC2)nc(C2CC2)n1. The zero-order chi connectivity index (χ0) is 13.6. The van der Waals surface area contributed by atoms with Crippen LogP contribution in [0.25, 0.3) is 0 Å². The third kappa shape index (κ3) is 2.25. The van der Waals surface area contributed by atoms with Gasteiger partial charge in [-0.3, -0.25) is 0 Å². The smallest absolute Gasteiger partial charge is 0.136 e. The van der Waals surface area contributed by atoms with Crippen molar-refractivity contribution in [2.75, 3.05) is 23.7 Å². The van der Waals surface area contributed by atoms with Crippen molar-refractivity contribution in [2.45, 2.75) is 57.3 Å². The highest BCUT2D eigenvalue weighted by molar-refractivity contribution is 5.48. The Morgan fingerprint density at radius 2 is 1.75 bits per heavy atom. The van der Waals surface area contributed by atoms with E-state index in [0.29, 0.717) is 17.2 Å². The van der Waals surface area contributed by atoms with Gasteiger partial charge in [-0.15, -0.1) is 0 Å². The Bertz CT molecular complexity index is 493. The molecule has 1 saturated heterocycles. The van der Waals surface area contributed by atoms with E-state index in [1.165, 1.54) is 51.4 Å². The van der Waals surface area contributed by atoms with Crippen molar-refractivity contribution < 1.29 is 0 Å². The lowest BCUT2D eigenvalue weighted by Crippen LogP contribution is -2.39. The maximum Gasteiger partial charge on any atom is 0.136 e. The van der Waals surface area contributed by atoms with Gasteiger partial charge in [-0.25, -0.2) is 9.97 Å². The molecule has 4 nitrogen and oxygen atoms in total. The number of piperidine rings is 1. The number of aromatic nitrogens is 2. The van der Waals surface area contributed by atoms with E-state index in [4.69, 9.17) is 10.7 Å². The second-order valence-electron chi connectivity index (χ2n) is 6.98. The van der Waals surface area contributed by atoms with Crippen molar-refractivity contribution in [3.05, 3.63) is 11.9 Å². The standard InChI is InChI=1S/C16H24N4/c17-13-11-14(19-15(18-13)12-3-4-12)20-9-7-16(8-10-20)5-1-2-6-16/h11-12H,1-10H2,(H2,17,18,19). The molecule has 1 aromatic rings. The Balaban J connectivity index is 1.51. The first kappa shape index (κ1) is 12.4. The molecule has 2 N–H and O–H groups in total. The Morgan fingerprint density at radius 1 is 1.05 bits per heavy atom. The van der Waals surface area contributed by atoms with Gasteiger partial charge in [-0.05, 0) is 43.9 Å². The monoisotopic (exact) mass is 272 g/mol. The molecule has 1 aliphatic heterocycles. The van der Waals surface area contributed by atoms with Gasteiger partial charge in [0.2, 0.25) is 0 Å². The lowest BCUT2D eigenvalue weighted by molar-refractivity contribution is 0.226. The van der Waals surface area contributed by atoms with Crippen molar-refractivity contribution in [3.63, 3.8) is 0 Å². The quantitative estimate of drug-likeness (QED) is 0.899. The van der Waals surface area contributed by atoms with Gasteiger partial charge in [-0.1, -0.05) is 12.8 Å². The van der Waals surface area contributed by atoms with Crippen molar-refractivity contribution in [1.82, 2.24) is 9.97 Å². The van der Waals surface area contributed by atoms with E-state index in [2.05, 4.69) is 9.88 Å².